The Bertz CT molecular complexity index is 1220. The molecule has 1 saturated heterocycles. The summed E-state index contributed by atoms with van der Waals surface area (Å²) in [6, 6.07) is 1.83. The molecule has 0 amide bonds. The summed E-state index contributed by atoms with van der Waals surface area (Å²) in [5.74, 6) is -2.49. The van der Waals surface area contributed by atoms with Crippen molar-refractivity contribution in [3.05, 3.63) is 35.3 Å². The van der Waals surface area contributed by atoms with Crippen molar-refractivity contribution in [3.8, 4) is 0 Å². The Labute approximate surface area is 229 Å². The minimum absolute atomic E-state index is 0.0417. The van der Waals surface area contributed by atoms with Gasteiger partial charge in [-0.1, -0.05) is 47.1 Å². The number of methoxy groups -OCH3 is 1. The van der Waals surface area contributed by atoms with Crippen LogP contribution < -0.4 is 0 Å². The number of ether oxygens (including phenoxy) is 3. The fourth-order valence-corrected chi connectivity index (χ4v) is 8.46. The Kier molecular flexibility index (Phi) is 6.62. The number of rotatable bonds is 5. The van der Waals surface area contributed by atoms with Gasteiger partial charge in [-0.3, -0.25) is 19.2 Å². The maximum Gasteiger partial charge on any atom is 0.310 e. The number of carbonyl (C=O) groups excluding carboxylic acids is 4. The normalized spacial score (nSPS) is 37.1. The van der Waals surface area contributed by atoms with E-state index >= 15 is 0 Å². The highest BCUT2D eigenvalue weighted by atomic mass is 16.6. The van der Waals surface area contributed by atoms with E-state index in [0.717, 1.165) is 29.6 Å². The molecular weight excluding hydrogens is 500 g/mol. The quantitative estimate of drug-likeness (QED) is 0.279. The molecule has 3 fully saturated rings. The number of carbonyl (C=O) groups is 4. The van der Waals surface area contributed by atoms with Crippen LogP contribution in [0.5, 0.6) is 0 Å². The number of fused-ring (bicyclic) bond motifs is 5. The van der Waals surface area contributed by atoms with Crippen molar-refractivity contribution in [1.29, 1.82) is 0 Å². The number of allylic oxidation sites excluding steroid dienone is 1. The zero-order valence-corrected chi connectivity index (χ0v) is 24.0. The number of furan rings is 1. The van der Waals surface area contributed by atoms with Crippen LogP contribution >= 0.6 is 0 Å². The van der Waals surface area contributed by atoms with Crippen LogP contribution in [0, 0.1) is 39.9 Å². The topological polar surface area (TPSA) is 109 Å². The first-order valence-corrected chi connectivity index (χ1v) is 14.0. The molecule has 2 bridgehead atoms. The van der Waals surface area contributed by atoms with E-state index in [1.807, 2.05) is 26.8 Å². The van der Waals surface area contributed by atoms with Gasteiger partial charge in [-0.25, -0.2) is 0 Å². The average Bonchev–Trinajstić information content (AvgIpc) is 3.41. The Morgan fingerprint density at radius 3 is 2.49 bits per heavy atom. The highest BCUT2D eigenvalue weighted by Crippen LogP contribution is 2.68. The second-order valence-corrected chi connectivity index (χ2v) is 13.2. The summed E-state index contributed by atoms with van der Waals surface area (Å²) in [7, 11) is 1.35. The molecule has 7 atom stereocenters. The van der Waals surface area contributed by atoms with Crippen molar-refractivity contribution in [1.82, 2.24) is 0 Å². The first-order chi connectivity index (χ1) is 18.3. The van der Waals surface area contributed by atoms with Crippen LogP contribution in [-0.4, -0.2) is 36.9 Å². The second-order valence-electron chi connectivity index (χ2n) is 13.2. The van der Waals surface area contributed by atoms with Crippen LogP contribution in [0.4, 0.5) is 0 Å². The number of hydrogen-bond donors (Lipinski definition) is 0. The van der Waals surface area contributed by atoms with Gasteiger partial charge in [-0.05, 0) is 42.7 Å². The lowest BCUT2D eigenvalue weighted by atomic mass is 9.40. The number of ketones is 1. The van der Waals surface area contributed by atoms with Crippen LogP contribution in [0.25, 0.3) is 0 Å². The van der Waals surface area contributed by atoms with Crippen molar-refractivity contribution >= 4 is 23.7 Å². The van der Waals surface area contributed by atoms with E-state index in [1.54, 1.807) is 26.4 Å². The van der Waals surface area contributed by atoms with E-state index in [9.17, 15) is 19.2 Å². The molecule has 4 aliphatic rings. The molecule has 212 valence electrons. The van der Waals surface area contributed by atoms with E-state index in [0.29, 0.717) is 6.42 Å². The average molecular weight is 541 g/mol. The van der Waals surface area contributed by atoms with E-state index in [1.165, 1.54) is 7.11 Å². The molecule has 0 N–H and O–H groups in total. The Morgan fingerprint density at radius 2 is 1.87 bits per heavy atom. The van der Waals surface area contributed by atoms with Gasteiger partial charge in [0.15, 0.2) is 0 Å². The first kappa shape index (κ1) is 27.7. The summed E-state index contributed by atoms with van der Waals surface area (Å²) in [4.78, 5) is 53.0. The van der Waals surface area contributed by atoms with Gasteiger partial charge in [0.2, 0.25) is 0 Å². The molecule has 0 radical (unpaired) electrons. The molecule has 39 heavy (non-hydrogen) atoms. The fourth-order valence-electron chi connectivity index (χ4n) is 8.46. The SMILES string of the molecule is COC(=O)C[C@H]1C(C)(C)[C@@H](OC(=O)C(C)C)[C@@H]2CC3=C4CC(=O)O[C@@H](c5ccoc5)[C@]4(C)CCC3[C@@]1(C)C2=O. The Hall–Kier alpha value is -2.90. The van der Waals surface area contributed by atoms with Crippen LogP contribution in [-0.2, 0) is 33.4 Å². The number of cyclic esters (lactones) is 1. The predicted molar refractivity (Wildman–Crippen MR) is 140 cm³/mol. The highest BCUT2D eigenvalue weighted by molar-refractivity contribution is 5.92. The van der Waals surface area contributed by atoms with E-state index < -0.39 is 46.3 Å². The van der Waals surface area contributed by atoms with E-state index in [4.69, 9.17) is 18.6 Å². The van der Waals surface area contributed by atoms with Gasteiger partial charge in [0, 0.05) is 28.2 Å². The maximum atomic E-state index is 14.4. The third-order valence-electron chi connectivity index (χ3n) is 10.5. The highest BCUT2D eigenvalue weighted by Gasteiger charge is 2.68. The smallest absolute Gasteiger partial charge is 0.310 e. The van der Waals surface area contributed by atoms with Crippen LogP contribution in [0.15, 0.2) is 34.2 Å². The summed E-state index contributed by atoms with van der Waals surface area (Å²) in [5, 5.41) is 0. The zero-order chi connectivity index (χ0) is 28.5. The Balaban J connectivity index is 1.68. The molecule has 1 aromatic heterocycles. The lowest BCUT2D eigenvalue weighted by molar-refractivity contribution is -0.200. The molecule has 1 aromatic rings. The molecular formula is C31H40O8. The monoisotopic (exact) mass is 540 g/mol. The van der Waals surface area contributed by atoms with Gasteiger partial charge in [-0.2, -0.15) is 0 Å². The van der Waals surface area contributed by atoms with Crippen molar-refractivity contribution in [3.63, 3.8) is 0 Å². The van der Waals surface area contributed by atoms with Gasteiger partial charge in [-0.15, -0.1) is 0 Å². The molecule has 2 heterocycles. The summed E-state index contributed by atoms with van der Waals surface area (Å²) in [5.41, 5.74) is 0.943. The molecule has 1 unspecified atom stereocenters. The predicted octanol–water partition coefficient (Wildman–Crippen LogP) is 5.36. The van der Waals surface area contributed by atoms with Gasteiger partial charge in [0.25, 0.3) is 0 Å². The minimum atomic E-state index is -0.877. The molecule has 0 aromatic carbocycles. The lowest BCUT2D eigenvalue weighted by Gasteiger charge is -2.63. The maximum absolute atomic E-state index is 14.4. The largest absolute Gasteiger partial charge is 0.472 e. The fraction of sp³-hybridized carbons (Fsp3) is 0.677. The van der Waals surface area contributed by atoms with E-state index in [2.05, 4.69) is 6.92 Å². The van der Waals surface area contributed by atoms with Crippen LogP contribution in [0.2, 0.25) is 0 Å². The number of hydrogen-bond acceptors (Lipinski definition) is 8. The second kappa shape index (κ2) is 9.34. The number of esters is 3. The van der Waals surface area contributed by atoms with Crippen LogP contribution in [0.1, 0.15) is 85.3 Å². The molecule has 1 aliphatic heterocycles. The lowest BCUT2D eigenvalue weighted by Crippen LogP contribution is -2.66. The molecule has 3 aliphatic carbocycles. The van der Waals surface area contributed by atoms with Crippen LogP contribution in [0.3, 0.4) is 0 Å². The van der Waals surface area contributed by atoms with Gasteiger partial charge in [0.1, 0.15) is 18.0 Å². The molecule has 5 rings (SSSR count). The Morgan fingerprint density at radius 1 is 1.15 bits per heavy atom. The third kappa shape index (κ3) is 4.00. The molecule has 8 heteroatoms. The van der Waals surface area contributed by atoms with Crippen molar-refractivity contribution < 1.29 is 37.8 Å². The molecule has 8 nitrogen and oxygen atoms in total. The van der Waals surface area contributed by atoms with Gasteiger partial charge < -0.3 is 18.6 Å². The third-order valence-corrected chi connectivity index (χ3v) is 10.5. The van der Waals surface area contributed by atoms with E-state index in [-0.39, 0.29) is 42.4 Å². The molecule has 0 spiro atoms. The summed E-state index contributed by atoms with van der Waals surface area (Å²) in [6.45, 7) is 11.7. The minimum Gasteiger partial charge on any atom is -0.472 e. The van der Waals surface area contributed by atoms with Gasteiger partial charge >= 0.3 is 17.9 Å². The summed E-state index contributed by atoms with van der Waals surface area (Å²) in [6.07, 6.45) is 4.11. The summed E-state index contributed by atoms with van der Waals surface area (Å²) < 4.78 is 22.5. The van der Waals surface area contributed by atoms with Gasteiger partial charge in [0.05, 0.1) is 37.9 Å². The zero-order valence-electron chi connectivity index (χ0n) is 24.0. The first-order valence-electron chi connectivity index (χ1n) is 14.0. The summed E-state index contributed by atoms with van der Waals surface area (Å²) >= 11 is 0. The van der Waals surface area contributed by atoms with Crippen molar-refractivity contribution in [2.75, 3.05) is 7.11 Å². The standard InChI is InChI=1S/C31H40O8/c1-16(2)28(35)39-27-19-12-18-20(31(6,25(19)34)22(29(27,3)4)14-23(32)36-7)8-10-30(5)21(18)13-24(33)38-26(30)17-9-11-37-15-17/h9,11,15-16,19-20,22,26-27H,8,10,12-14H2,1-7H3/t19-,20?,22+,26+,27+,30-,31-/m1/s1. The number of Topliss-reactive ketones (excluding diaryl/α,β-unsaturated/α-hetero) is 1. The van der Waals surface area contributed by atoms with Crippen molar-refractivity contribution in [2.45, 2.75) is 85.9 Å². The van der Waals surface area contributed by atoms with Crippen molar-refractivity contribution in [2.24, 2.45) is 39.9 Å². The molecule has 2 saturated carbocycles.